The van der Waals surface area contributed by atoms with Gasteiger partial charge in [0.1, 0.15) is 6.04 Å². The summed E-state index contributed by atoms with van der Waals surface area (Å²) in [6.45, 7) is 1.08. The number of nitrogens with zero attached hydrogens (tertiary/aromatic N) is 3. The molecule has 5 amide bonds. The number of urea groups is 1. The smallest absolute Gasteiger partial charge is 0.319 e. The van der Waals surface area contributed by atoms with Crippen molar-refractivity contribution in [2.45, 2.75) is 31.3 Å². The standard InChI is InChI=1S/C25H28N4O4/c1-27(2)25(33)28-14-12-18(13-15-28)26-22(30)21(16-17-8-4-3-5-9-17)29-23(31)19-10-6-7-11-20(19)24(29)32/h3-11,18,21H,12-16H2,1-2H3,(H,26,30). The van der Waals surface area contributed by atoms with Crippen LogP contribution in [-0.2, 0) is 11.2 Å². The third-order valence-electron chi connectivity index (χ3n) is 6.21. The van der Waals surface area contributed by atoms with Crippen molar-refractivity contribution in [3.8, 4) is 0 Å². The molecule has 1 saturated heterocycles. The number of rotatable bonds is 5. The van der Waals surface area contributed by atoms with Crippen LogP contribution in [-0.4, -0.2) is 77.7 Å². The van der Waals surface area contributed by atoms with E-state index >= 15 is 0 Å². The Morgan fingerprint density at radius 3 is 2.03 bits per heavy atom. The number of carbonyl (C=O) groups excluding carboxylic acids is 4. The van der Waals surface area contributed by atoms with Crippen LogP contribution in [0.2, 0.25) is 0 Å². The van der Waals surface area contributed by atoms with Crippen LogP contribution in [0.3, 0.4) is 0 Å². The molecule has 2 aromatic rings. The van der Waals surface area contributed by atoms with E-state index in [1.807, 2.05) is 30.3 Å². The number of nitrogens with one attached hydrogen (secondary N) is 1. The van der Waals surface area contributed by atoms with Crippen LogP contribution < -0.4 is 5.32 Å². The van der Waals surface area contributed by atoms with E-state index in [9.17, 15) is 19.2 Å². The quantitative estimate of drug-likeness (QED) is 0.710. The fourth-order valence-corrected chi connectivity index (χ4v) is 4.42. The number of amides is 5. The molecule has 1 atom stereocenters. The normalized spacial score (nSPS) is 17.0. The van der Waals surface area contributed by atoms with Gasteiger partial charge in [-0.05, 0) is 30.5 Å². The van der Waals surface area contributed by atoms with Crippen molar-refractivity contribution in [2.24, 2.45) is 0 Å². The molecule has 0 spiro atoms. The SMILES string of the molecule is CN(C)C(=O)N1CCC(NC(=O)C(Cc2ccccc2)N2C(=O)c3ccccc3C2=O)CC1. The summed E-state index contributed by atoms with van der Waals surface area (Å²) in [7, 11) is 3.43. The van der Waals surface area contributed by atoms with Crippen LogP contribution in [0, 0.1) is 0 Å². The molecule has 2 aliphatic rings. The topological polar surface area (TPSA) is 90.0 Å². The summed E-state index contributed by atoms with van der Waals surface area (Å²) in [6.07, 6.45) is 1.47. The summed E-state index contributed by atoms with van der Waals surface area (Å²) in [5, 5.41) is 3.04. The monoisotopic (exact) mass is 448 g/mol. The van der Waals surface area contributed by atoms with E-state index in [2.05, 4.69) is 5.32 Å². The van der Waals surface area contributed by atoms with E-state index in [-0.39, 0.29) is 24.4 Å². The number of piperidine rings is 1. The average Bonchev–Trinajstić information content (AvgIpc) is 3.08. The molecule has 1 fully saturated rings. The molecule has 0 saturated carbocycles. The maximum Gasteiger partial charge on any atom is 0.319 e. The van der Waals surface area contributed by atoms with Gasteiger partial charge in [-0.15, -0.1) is 0 Å². The van der Waals surface area contributed by atoms with Gasteiger partial charge in [0.25, 0.3) is 11.8 Å². The number of carbonyl (C=O) groups is 4. The highest BCUT2D eigenvalue weighted by atomic mass is 16.2. The van der Waals surface area contributed by atoms with Crippen LogP contribution in [0.5, 0.6) is 0 Å². The van der Waals surface area contributed by atoms with Crippen LogP contribution in [0.15, 0.2) is 54.6 Å². The third kappa shape index (κ3) is 4.60. The minimum atomic E-state index is -0.957. The first kappa shape index (κ1) is 22.5. The predicted octanol–water partition coefficient (Wildman–Crippen LogP) is 2.16. The Bertz CT molecular complexity index is 1030. The molecular weight excluding hydrogens is 420 g/mol. The Labute approximate surface area is 193 Å². The Hall–Kier alpha value is -3.68. The number of hydrogen-bond donors (Lipinski definition) is 1. The van der Waals surface area contributed by atoms with Crippen molar-refractivity contribution in [3.05, 3.63) is 71.3 Å². The van der Waals surface area contributed by atoms with Crippen LogP contribution in [0.25, 0.3) is 0 Å². The maximum absolute atomic E-state index is 13.4. The second kappa shape index (κ2) is 9.44. The fourth-order valence-electron chi connectivity index (χ4n) is 4.42. The molecule has 0 aliphatic carbocycles. The Kier molecular flexibility index (Phi) is 6.44. The first-order valence-electron chi connectivity index (χ1n) is 11.1. The highest BCUT2D eigenvalue weighted by Crippen LogP contribution is 2.26. The molecule has 8 heteroatoms. The minimum Gasteiger partial charge on any atom is -0.351 e. The summed E-state index contributed by atoms with van der Waals surface area (Å²) in [4.78, 5) is 56.2. The van der Waals surface area contributed by atoms with E-state index in [0.29, 0.717) is 37.1 Å². The highest BCUT2D eigenvalue weighted by molar-refractivity contribution is 6.22. The van der Waals surface area contributed by atoms with Crippen molar-refractivity contribution in [3.63, 3.8) is 0 Å². The van der Waals surface area contributed by atoms with Crippen molar-refractivity contribution in [1.29, 1.82) is 0 Å². The van der Waals surface area contributed by atoms with Gasteiger partial charge in [-0.1, -0.05) is 42.5 Å². The molecule has 2 heterocycles. The summed E-state index contributed by atoms with van der Waals surface area (Å²) in [5.74, 6) is -1.25. The molecule has 33 heavy (non-hydrogen) atoms. The summed E-state index contributed by atoms with van der Waals surface area (Å²) < 4.78 is 0. The maximum atomic E-state index is 13.4. The van der Waals surface area contributed by atoms with Crippen LogP contribution in [0.4, 0.5) is 4.79 Å². The van der Waals surface area contributed by atoms with Gasteiger partial charge in [0, 0.05) is 39.6 Å². The minimum absolute atomic E-state index is 0.0484. The fraction of sp³-hybridized carbons (Fsp3) is 0.360. The molecule has 0 radical (unpaired) electrons. The molecule has 8 nitrogen and oxygen atoms in total. The second-order valence-electron chi connectivity index (χ2n) is 8.68. The lowest BCUT2D eigenvalue weighted by Gasteiger charge is -2.35. The summed E-state index contributed by atoms with van der Waals surface area (Å²) in [5.41, 5.74) is 1.51. The zero-order chi connectivity index (χ0) is 23.5. The van der Waals surface area contributed by atoms with Gasteiger partial charge in [0.05, 0.1) is 11.1 Å². The van der Waals surface area contributed by atoms with Gasteiger partial charge < -0.3 is 15.1 Å². The summed E-state index contributed by atoms with van der Waals surface area (Å²) in [6, 6.07) is 14.9. The molecule has 4 rings (SSSR count). The number of likely N-dealkylation sites (tertiary alicyclic amines) is 1. The first-order valence-corrected chi connectivity index (χ1v) is 11.1. The van der Waals surface area contributed by atoms with Crippen molar-refractivity contribution >= 4 is 23.8 Å². The summed E-state index contributed by atoms with van der Waals surface area (Å²) >= 11 is 0. The van der Waals surface area contributed by atoms with E-state index in [0.717, 1.165) is 10.5 Å². The van der Waals surface area contributed by atoms with E-state index in [4.69, 9.17) is 0 Å². The largest absolute Gasteiger partial charge is 0.351 e. The molecule has 1 N–H and O–H groups in total. The molecule has 0 bridgehead atoms. The van der Waals surface area contributed by atoms with E-state index < -0.39 is 17.9 Å². The Morgan fingerprint density at radius 1 is 0.939 bits per heavy atom. The van der Waals surface area contributed by atoms with Crippen molar-refractivity contribution < 1.29 is 19.2 Å². The third-order valence-corrected chi connectivity index (χ3v) is 6.21. The number of benzene rings is 2. The van der Waals surface area contributed by atoms with E-state index in [1.54, 1.807) is 43.3 Å². The van der Waals surface area contributed by atoms with Gasteiger partial charge in [-0.3, -0.25) is 19.3 Å². The lowest BCUT2D eigenvalue weighted by atomic mass is 10.0. The number of imide groups is 1. The first-order chi connectivity index (χ1) is 15.9. The molecule has 2 aromatic carbocycles. The van der Waals surface area contributed by atoms with Gasteiger partial charge >= 0.3 is 6.03 Å². The van der Waals surface area contributed by atoms with E-state index in [1.165, 1.54) is 4.90 Å². The van der Waals surface area contributed by atoms with Crippen molar-refractivity contribution in [2.75, 3.05) is 27.2 Å². The molecule has 172 valence electrons. The van der Waals surface area contributed by atoms with Gasteiger partial charge in [0.2, 0.25) is 5.91 Å². The lowest BCUT2D eigenvalue weighted by Crippen LogP contribution is -2.55. The Balaban J connectivity index is 1.51. The number of hydrogen-bond acceptors (Lipinski definition) is 4. The van der Waals surface area contributed by atoms with Gasteiger partial charge in [-0.2, -0.15) is 0 Å². The number of fused-ring (bicyclic) bond motifs is 1. The molecule has 2 aliphatic heterocycles. The molecule has 0 aromatic heterocycles. The second-order valence-corrected chi connectivity index (χ2v) is 8.68. The van der Waals surface area contributed by atoms with Crippen LogP contribution >= 0.6 is 0 Å². The molecular formula is C25H28N4O4. The van der Waals surface area contributed by atoms with Gasteiger partial charge in [0.15, 0.2) is 0 Å². The zero-order valence-electron chi connectivity index (χ0n) is 18.9. The zero-order valence-corrected chi connectivity index (χ0v) is 18.9. The van der Waals surface area contributed by atoms with Gasteiger partial charge in [-0.25, -0.2) is 4.79 Å². The lowest BCUT2D eigenvalue weighted by molar-refractivity contribution is -0.126. The average molecular weight is 449 g/mol. The van der Waals surface area contributed by atoms with Crippen molar-refractivity contribution in [1.82, 2.24) is 20.0 Å². The van der Waals surface area contributed by atoms with Crippen LogP contribution in [0.1, 0.15) is 39.1 Å². The highest BCUT2D eigenvalue weighted by Gasteiger charge is 2.43. The Morgan fingerprint density at radius 2 is 1.48 bits per heavy atom. The predicted molar refractivity (Wildman–Crippen MR) is 123 cm³/mol. The molecule has 1 unspecified atom stereocenters.